The Morgan fingerprint density at radius 3 is 2.26 bits per heavy atom. The molecule has 3 aromatic rings. The van der Waals surface area contributed by atoms with Gasteiger partial charge < -0.3 is 4.90 Å². The van der Waals surface area contributed by atoms with Crippen molar-refractivity contribution in [1.82, 2.24) is 19.2 Å². The summed E-state index contributed by atoms with van der Waals surface area (Å²) < 4.78 is 42.7. The van der Waals surface area contributed by atoms with Crippen molar-refractivity contribution in [3.63, 3.8) is 0 Å². The third-order valence-electron chi connectivity index (χ3n) is 5.57. The average Bonchev–Trinajstić information content (AvgIpc) is 3.07. The van der Waals surface area contributed by atoms with Crippen LogP contribution in [-0.4, -0.2) is 38.2 Å². The highest BCUT2D eigenvalue weighted by atomic mass is 19.4. The van der Waals surface area contributed by atoms with Gasteiger partial charge in [0.15, 0.2) is 0 Å². The number of hydrogen-bond donors (Lipinski definition) is 0. The monoisotopic (exact) mass is 430 g/mol. The van der Waals surface area contributed by atoms with E-state index in [-0.39, 0.29) is 30.3 Å². The van der Waals surface area contributed by atoms with Crippen LogP contribution in [0.4, 0.5) is 13.2 Å². The smallest absolute Gasteiger partial charge is 0.339 e. The molecule has 1 amide bonds. The molecule has 6 nitrogen and oxygen atoms in total. The average molecular weight is 430 g/mol. The molecular formula is C22H21F3N4O2. The second kappa shape index (κ2) is 8.05. The van der Waals surface area contributed by atoms with Gasteiger partial charge in [-0.1, -0.05) is 30.3 Å². The predicted octanol–water partition coefficient (Wildman–Crippen LogP) is 3.61. The molecule has 1 aliphatic heterocycles. The van der Waals surface area contributed by atoms with Crippen molar-refractivity contribution >= 4 is 5.91 Å². The fraction of sp³-hybridized carbons (Fsp3) is 0.318. The van der Waals surface area contributed by atoms with Crippen molar-refractivity contribution in [3.8, 4) is 5.69 Å². The molecule has 9 heteroatoms. The largest absolute Gasteiger partial charge is 0.417 e. The molecule has 0 bridgehead atoms. The van der Waals surface area contributed by atoms with Crippen LogP contribution in [0.25, 0.3) is 5.69 Å². The van der Waals surface area contributed by atoms with Crippen molar-refractivity contribution in [1.29, 1.82) is 0 Å². The van der Waals surface area contributed by atoms with Crippen molar-refractivity contribution in [2.75, 3.05) is 13.1 Å². The number of nitrogens with zero attached hydrogens (tertiary/aromatic N) is 4. The van der Waals surface area contributed by atoms with Gasteiger partial charge in [0.05, 0.1) is 16.8 Å². The molecule has 2 heterocycles. The summed E-state index contributed by atoms with van der Waals surface area (Å²) in [5, 5.41) is 4.40. The molecule has 1 fully saturated rings. The standard InChI is InChI=1S/C22H21F3N4O2/c1-27-21(31)29(16-7-3-2-4-8-16)19(26-27)15-11-13-28(14-12-15)20(30)17-9-5-6-10-18(17)22(23,24)25/h2-10,15H,11-14H2,1H3. The molecule has 162 valence electrons. The van der Waals surface area contributed by atoms with Gasteiger partial charge in [-0.25, -0.2) is 14.0 Å². The van der Waals surface area contributed by atoms with E-state index in [4.69, 9.17) is 0 Å². The van der Waals surface area contributed by atoms with Gasteiger partial charge in [0.2, 0.25) is 0 Å². The third kappa shape index (κ3) is 3.99. The Kier molecular flexibility index (Phi) is 5.43. The normalized spacial score (nSPS) is 15.3. The van der Waals surface area contributed by atoms with E-state index in [0.717, 1.165) is 6.07 Å². The van der Waals surface area contributed by atoms with Crippen LogP contribution in [0.1, 0.15) is 40.5 Å². The summed E-state index contributed by atoms with van der Waals surface area (Å²) in [6.45, 7) is 0.574. The molecule has 1 aliphatic rings. The van der Waals surface area contributed by atoms with Gasteiger partial charge in [0, 0.05) is 26.1 Å². The van der Waals surface area contributed by atoms with Crippen LogP contribution in [0.3, 0.4) is 0 Å². The molecular weight excluding hydrogens is 409 g/mol. The number of hydrogen-bond acceptors (Lipinski definition) is 3. The molecule has 0 unspecified atom stereocenters. The highest BCUT2D eigenvalue weighted by Gasteiger charge is 2.37. The lowest BCUT2D eigenvalue weighted by atomic mass is 9.94. The zero-order valence-electron chi connectivity index (χ0n) is 16.8. The summed E-state index contributed by atoms with van der Waals surface area (Å²) in [4.78, 5) is 26.9. The minimum Gasteiger partial charge on any atom is -0.339 e. The molecule has 0 aliphatic carbocycles. The summed E-state index contributed by atoms with van der Waals surface area (Å²) in [6.07, 6.45) is -3.59. The maximum atomic E-state index is 13.3. The Balaban J connectivity index is 1.55. The lowest BCUT2D eigenvalue weighted by Gasteiger charge is -2.32. The number of likely N-dealkylation sites (tertiary alicyclic amines) is 1. The zero-order chi connectivity index (χ0) is 22.2. The maximum absolute atomic E-state index is 13.3. The first-order valence-electron chi connectivity index (χ1n) is 9.94. The molecule has 31 heavy (non-hydrogen) atoms. The van der Waals surface area contributed by atoms with Crippen LogP contribution in [0, 0.1) is 0 Å². The molecule has 0 saturated carbocycles. The second-order valence-corrected chi connectivity index (χ2v) is 7.55. The van der Waals surface area contributed by atoms with E-state index >= 15 is 0 Å². The number of rotatable bonds is 3. The number of carbonyl (C=O) groups excluding carboxylic acids is 1. The van der Waals surface area contributed by atoms with Crippen LogP contribution < -0.4 is 5.69 Å². The topological polar surface area (TPSA) is 60.1 Å². The Bertz CT molecular complexity index is 1140. The minimum absolute atomic E-state index is 0.0870. The van der Waals surface area contributed by atoms with Gasteiger partial charge in [-0.3, -0.25) is 4.79 Å². The number of aryl methyl sites for hydroxylation is 1. The summed E-state index contributed by atoms with van der Waals surface area (Å²) in [7, 11) is 1.58. The van der Waals surface area contributed by atoms with Crippen LogP contribution in [-0.2, 0) is 13.2 Å². The quantitative estimate of drug-likeness (QED) is 0.638. The molecule has 1 aromatic heterocycles. The van der Waals surface area contributed by atoms with E-state index in [1.54, 1.807) is 11.6 Å². The van der Waals surface area contributed by atoms with E-state index in [1.165, 1.54) is 27.8 Å². The lowest BCUT2D eigenvalue weighted by molar-refractivity contribution is -0.138. The number of benzene rings is 2. The van der Waals surface area contributed by atoms with Gasteiger partial charge in [0.25, 0.3) is 5.91 Å². The molecule has 0 spiro atoms. The molecule has 2 aromatic carbocycles. The summed E-state index contributed by atoms with van der Waals surface area (Å²) >= 11 is 0. The van der Waals surface area contributed by atoms with Gasteiger partial charge in [0.1, 0.15) is 5.82 Å². The SMILES string of the molecule is Cn1nc(C2CCN(C(=O)c3ccccc3C(F)(F)F)CC2)n(-c2ccccc2)c1=O. The van der Waals surface area contributed by atoms with Crippen LogP contribution >= 0.6 is 0 Å². The fourth-order valence-electron chi connectivity index (χ4n) is 4.00. The van der Waals surface area contributed by atoms with E-state index in [2.05, 4.69) is 5.10 Å². The number of piperidine rings is 1. The van der Waals surface area contributed by atoms with Gasteiger partial charge in [-0.2, -0.15) is 18.3 Å². The Morgan fingerprint density at radius 1 is 1.00 bits per heavy atom. The highest BCUT2D eigenvalue weighted by Crippen LogP contribution is 2.34. The van der Waals surface area contributed by atoms with Crippen molar-refractivity contribution in [2.45, 2.75) is 24.9 Å². The van der Waals surface area contributed by atoms with Crippen LogP contribution in [0.5, 0.6) is 0 Å². The van der Waals surface area contributed by atoms with E-state index < -0.39 is 17.6 Å². The number of alkyl halides is 3. The molecule has 4 rings (SSSR count). The second-order valence-electron chi connectivity index (χ2n) is 7.55. The minimum atomic E-state index is -4.59. The van der Waals surface area contributed by atoms with Gasteiger partial charge in [-0.15, -0.1) is 0 Å². The number of para-hydroxylation sites is 1. The van der Waals surface area contributed by atoms with Crippen molar-refractivity contribution in [3.05, 3.63) is 82.0 Å². The third-order valence-corrected chi connectivity index (χ3v) is 5.57. The summed E-state index contributed by atoms with van der Waals surface area (Å²) in [5.74, 6) is -0.120. The first kappa shape index (κ1) is 20.9. The summed E-state index contributed by atoms with van der Waals surface area (Å²) in [6, 6.07) is 14.0. The molecule has 1 saturated heterocycles. The summed E-state index contributed by atoms with van der Waals surface area (Å²) in [5.41, 5.74) is -0.829. The van der Waals surface area contributed by atoms with Crippen molar-refractivity contribution in [2.24, 2.45) is 7.05 Å². The van der Waals surface area contributed by atoms with Crippen molar-refractivity contribution < 1.29 is 18.0 Å². The number of halogens is 3. The van der Waals surface area contributed by atoms with Crippen LogP contribution in [0.15, 0.2) is 59.4 Å². The van der Waals surface area contributed by atoms with Gasteiger partial charge >= 0.3 is 11.9 Å². The number of carbonyl (C=O) groups is 1. The Morgan fingerprint density at radius 2 is 1.61 bits per heavy atom. The van der Waals surface area contributed by atoms with Gasteiger partial charge in [-0.05, 0) is 37.1 Å². The first-order valence-corrected chi connectivity index (χ1v) is 9.94. The zero-order valence-corrected chi connectivity index (χ0v) is 16.8. The highest BCUT2D eigenvalue weighted by molar-refractivity contribution is 5.96. The van der Waals surface area contributed by atoms with E-state index in [9.17, 15) is 22.8 Å². The van der Waals surface area contributed by atoms with Crippen LogP contribution in [0.2, 0.25) is 0 Å². The molecule has 0 atom stereocenters. The predicted molar refractivity (Wildman–Crippen MR) is 108 cm³/mol. The number of amides is 1. The lowest BCUT2D eigenvalue weighted by Crippen LogP contribution is -2.39. The number of aromatic nitrogens is 3. The molecule has 0 N–H and O–H groups in total. The van der Waals surface area contributed by atoms with E-state index in [0.29, 0.717) is 24.4 Å². The Hall–Kier alpha value is -3.36. The molecule has 0 radical (unpaired) electrons. The first-order chi connectivity index (χ1) is 14.8. The Labute approximate surface area is 176 Å². The maximum Gasteiger partial charge on any atom is 0.417 e. The van der Waals surface area contributed by atoms with E-state index in [1.807, 2.05) is 30.3 Å². The fourth-order valence-corrected chi connectivity index (χ4v) is 4.00.